The molecule has 6 aromatic heterocycles. The minimum Gasteiger partial charge on any atom is -0.490 e. The summed E-state index contributed by atoms with van der Waals surface area (Å²) in [7, 11) is -0.0964. The van der Waals surface area contributed by atoms with Crippen LogP contribution in [0.1, 0.15) is 54.1 Å². The lowest BCUT2D eigenvalue weighted by atomic mass is 9.92. The van der Waals surface area contributed by atoms with Crippen LogP contribution in [0.15, 0.2) is 417 Å². The van der Waals surface area contributed by atoms with Crippen molar-refractivity contribution < 1.29 is 63.8 Å². The number of anilines is 6. The van der Waals surface area contributed by atoms with E-state index in [2.05, 4.69) is 54.0 Å². The first kappa shape index (κ1) is 92.8. The molecule has 16 aromatic carbocycles. The van der Waals surface area contributed by atoms with Gasteiger partial charge in [-0.15, -0.1) is 0 Å². The largest absolute Gasteiger partial charge is 0.727 e. The molecule has 26 heteroatoms. The summed E-state index contributed by atoms with van der Waals surface area (Å²) in [6.07, 6.45) is -1.13. The van der Waals surface area contributed by atoms with Gasteiger partial charge in [0.05, 0.1) is 39.9 Å². The second kappa shape index (κ2) is 38.2. The Balaban J connectivity index is 0.548. The van der Waals surface area contributed by atoms with Crippen LogP contribution in [0.2, 0.25) is 0 Å². The number of alkyl halides is 3. The molecule has 2 aliphatic rings. The molecule has 719 valence electrons. The van der Waals surface area contributed by atoms with Gasteiger partial charge in [0, 0.05) is 102 Å². The number of ether oxygens (including phenoxy) is 4. The number of hydrogen-bond acceptors (Lipinski definition) is 16. The number of fused-ring (bicyclic) bond motifs is 10. The lowest BCUT2D eigenvalue weighted by molar-refractivity contribution is -0.535. The molecule has 150 heavy (non-hydrogen) atoms. The van der Waals surface area contributed by atoms with Gasteiger partial charge in [-0.3, -0.25) is 13.3 Å². The summed E-state index contributed by atoms with van der Waals surface area (Å²) in [6, 6.07) is 120. The first-order chi connectivity index (χ1) is 73.1. The maximum absolute atomic E-state index is 18.5. The van der Waals surface area contributed by atoms with E-state index in [1.54, 1.807) is 121 Å². The van der Waals surface area contributed by atoms with E-state index in [-0.39, 0.29) is 65.9 Å². The Labute approximate surface area is 855 Å². The highest BCUT2D eigenvalue weighted by molar-refractivity contribution is 6.43. The maximum atomic E-state index is 18.5. The monoisotopic (exact) mass is 1970 g/mol. The van der Waals surface area contributed by atoms with Crippen LogP contribution in [0.4, 0.5) is 63.2 Å². The minimum atomic E-state index is -4.64. The highest BCUT2D eigenvalue weighted by Gasteiger charge is 2.44. The fourth-order valence-electron chi connectivity index (χ4n) is 20.5. The third-order valence-electron chi connectivity index (χ3n) is 27.7. The van der Waals surface area contributed by atoms with Gasteiger partial charge < -0.3 is 42.1 Å². The predicted molar refractivity (Wildman–Crippen MR) is 575 cm³/mol. The van der Waals surface area contributed by atoms with Crippen molar-refractivity contribution in [3.05, 3.63) is 465 Å². The molecule has 0 spiro atoms. The lowest BCUT2D eigenvalue weighted by Gasteiger charge is -2.26. The fourth-order valence-corrected chi connectivity index (χ4v) is 20.5. The topological polar surface area (TPSA) is 228 Å². The number of benzene rings is 16. The average molecular weight is 1970 g/mol. The summed E-state index contributed by atoms with van der Waals surface area (Å²) < 4.78 is 105. The molecule has 22 aromatic rings. The van der Waals surface area contributed by atoms with Crippen LogP contribution in [0.5, 0.6) is 11.5 Å². The van der Waals surface area contributed by atoms with Crippen molar-refractivity contribution in [3.8, 4) is 90.4 Å². The first-order valence-electron chi connectivity index (χ1n) is 48.5. The molecule has 0 saturated heterocycles. The number of nitrogens with zero attached hydrogens (tertiary/aromatic N) is 10. The van der Waals surface area contributed by atoms with E-state index in [0.29, 0.717) is 139 Å². The van der Waals surface area contributed by atoms with Crippen molar-refractivity contribution in [1.29, 1.82) is 10.5 Å². The lowest BCUT2D eigenvalue weighted by Crippen LogP contribution is -2.59. The van der Waals surface area contributed by atoms with Gasteiger partial charge in [-0.1, -0.05) is 211 Å². The van der Waals surface area contributed by atoms with E-state index < -0.39 is 42.2 Å². The van der Waals surface area contributed by atoms with Gasteiger partial charge in [-0.05, 0) is 266 Å². The van der Waals surface area contributed by atoms with Crippen LogP contribution < -0.4 is 50.5 Å². The third kappa shape index (κ3) is 17.2. The number of allylic oxidation sites excluding steroid dienone is 2. The summed E-state index contributed by atoms with van der Waals surface area (Å²) >= 11 is 0. The molecule has 0 unspecified atom stereocenters. The van der Waals surface area contributed by atoms with Crippen molar-refractivity contribution in [2.45, 2.75) is 26.9 Å². The number of carbonyl (C=O) groups excluding carboxylic acids is 2. The molecule has 0 aliphatic carbocycles. The van der Waals surface area contributed by atoms with Crippen LogP contribution in [0.25, 0.3) is 143 Å². The van der Waals surface area contributed by atoms with Crippen molar-refractivity contribution in [2.24, 2.45) is 9.98 Å². The average Bonchev–Trinajstić information content (AvgIpc) is 1.55. The molecule has 0 atom stereocenters. The van der Waals surface area contributed by atoms with Crippen LogP contribution in [0, 0.1) is 43.4 Å². The standard InChI is InChI=1S/C124H81B2F4N10O10/c1-74-20-52-97(76(3)64-74)98-55-57-111-117-101(98)16-11-19-104(117)121-134-119-106(123(144)148-63-61-146-96-51-35-86-37-59-115(142)150-113(86)69-96)67-88(73-136(119)126(130)140(111)121)82-28-44-92(45-29-82)138(90-40-24-80(25-41-90)78-14-8-5-9-15-78)94-48-32-84(33-49-94)108(71-132)107(70-131)83-30-46-93(47-31-83)137(89-38-22-79(23-39-89)77-12-6-4-7-13-77)91-42-26-81(27-43-91)87-66-105(122(143)147-62-60-145-95-50-34-85-36-58-114(141)149-112(85)68-95)118-133-120-103-18-10-17-102-99(100-53-21-75(2)65-109(100)124(127,128)129)54-56-110(116(102)103)139(120)125-135(118)72-87/h4-59,64-69,72-73H,60-63H2,1-3H3/q+2/b108-107+. The van der Waals surface area contributed by atoms with Gasteiger partial charge in [0.15, 0.2) is 11.1 Å². The maximum Gasteiger partial charge on any atom is 0.727 e. The van der Waals surface area contributed by atoms with Gasteiger partial charge in [0.2, 0.25) is 11.0 Å². The van der Waals surface area contributed by atoms with Crippen molar-refractivity contribution in [1.82, 2.24) is 8.96 Å². The van der Waals surface area contributed by atoms with E-state index >= 15 is 4.32 Å². The summed E-state index contributed by atoms with van der Waals surface area (Å²) in [5, 5.41) is 28.4. The van der Waals surface area contributed by atoms with E-state index in [1.807, 2.05) is 253 Å². The molecule has 0 N–H and O–H groups in total. The fraction of sp³-hybridized carbons (Fsp3) is 0.0645. The van der Waals surface area contributed by atoms with E-state index in [1.165, 1.54) is 22.7 Å². The Kier molecular flexibility index (Phi) is 23.6. The Morgan fingerprint density at radius 3 is 1.30 bits per heavy atom. The molecule has 0 amide bonds. The van der Waals surface area contributed by atoms with Gasteiger partial charge in [-0.2, -0.15) is 23.7 Å². The molecular weight excluding hydrogens is 1890 g/mol. The normalized spacial score (nSPS) is 12.2. The smallest absolute Gasteiger partial charge is 0.490 e. The zero-order valence-electron chi connectivity index (χ0n) is 80.5. The Bertz CT molecular complexity index is 9660. The number of halogens is 4. The molecule has 0 bridgehead atoms. The van der Waals surface area contributed by atoms with E-state index in [4.69, 9.17) is 37.8 Å². The number of pyridine rings is 2. The Morgan fingerprint density at radius 2 is 0.813 bits per heavy atom. The summed E-state index contributed by atoms with van der Waals surface area (Å²) in [4.78, 5) is 68.7. The summed E-state index contributed by atoms with van der Waals surface area (Å²) in [5.74, 6) is -0.464. The number of esters is 2. The van der Waals surface area contributed by atoms with Gasteiger partial charge in [0.25, 0.3) is 0 Å². The number of hydrogen-bond donors (Lipinski definition) is 0. The van der Waals surface area contributed by atoms with Gasteiger partial charge in [0.1, 0.15) is 61.2 Å². The first-order valence-corrected chi connectivity index (χ1v) is 48.5. The number of nitriles is 2. The molecule has 24 rings (SSSR count). The Morgan fingerprint density at radius 1 is 0.407 bits per heavy atom. The molecule has 0 fully saturated rings. The minimum absolute atomic E-state index is 0.000129. The highest BCUT2D eigenvalue weighted by atomic mass is 19.4. The van der Waals surface area contributed by atoms with Crippen LogP contribution in [0.3, 0.4) is 0 Å². The van der Waals surface area contributed by atoms with Crippen molar-refractivity contribution >= 4 is 149 Å². The molecule has 20 nitrogen and oxygen atoms in total. The van der Waals surface area contributed by atoms with Crippen LogP contribution in [-0.4, -0.2) is 62.1 Å². The van der Waals surface area contributed by atoms with E-state index in [0.717, 1.165) is 78.4 Å². The quantitative estimate of drug-likeness (QED) is 0.0104. The molecule has 2 aliphatic heterocycles. The zero-order valence-corrected chi connectivity index (χ0v) is 80.5. The van der Waals surface area contributed by atoms with E-state index in [9.17, 15) is 42.9 Å². The van der Waals surface area contributed by atoms with Crippen molar-refractivity contribution in [2.75, 3.05) is 36.2 Å². The van der Waals surface area contributed by atoms with Crippen LogP contribution in [-0.2, 0) is 15.7 Å². The number of carbonyl (C=O) groups is 2. The molecular formula is C124H81B2F4N10O10+2. The molecule has 8 heterocycles. The predicted octanol–water partition coefficient (Wildman–Crippen LogP) is 26.3. The van der Waals surface area contributed by atoms with Crippen LogP contribution >= 0.6 is 0 Å². The Hall–Kier alpha value is -19.6. The third-order valence-corrected chi connectivity index (χ3v) is 27.7. The second-order valence-electron chi connectivity index (χ2n) is 36.9. The zero-order chi connectivity index (χ0) is 102. The highest BCUT2D eigenvalue weighted by Crippen LogP contribution is 2.47. The number of rotatable bonds is 24. The molecule has 1 radical (unpaired) electrons. The summed E-state index contributed by atoms with van der Waals surface area (Å²) in [6.45, 7) is 5.21. The van der Waals surface area contributed by atoms with Gasteiger partial charge in [-0.25, -0.2) is 23.7 Å². The van der Waals surface area contributed by atoms with Gasteiger partial charge >= 0.3 is 55.8 Å². The SMILES string of the molecule is Cc1ccc(-c2ccc3c4c2cccc4c2n3B(F)[n+]3cc(-c4ccc(N(c5ccc(/C(C#N)=C(\C#N)c6ccc(N(c7ccc(-c8ccccc8)cc7)c7ccc(-c8cc(C(=O)OCCOc9ccc%10ccc(=O)oc%10c9)c9[n+](c8)[B]n8c(c%10cccc%11c(-c%12ccc(C)cc%12C(F)(F)F)ccc8c%11%10)=N9)cc7)cc6)cc5)c5ccc(-c6ccccc6)cc5)cc4)cc(C(=O)OCCOc4ccc5ccc(=O)oc5c4)c3N=2)c(C)c1. The number of aryl methyl sites for hydroxylation is 3. The molecule has 0 saturated carbocycles. The second-order valence-corrected chi connectivity index (χ2v) is 36.9. The number of aromatic nitrogens is 4. The summed E-state index contributed by atoms with van der Waals surface area (Å²) in [5.41, 5.74) is 18.2. The van der Waals surface area contributed by atoms with Crippen molar-refractivity contribution in [3.63, 3.8) is 0 Å².